The van der Waals surface area contributed by atoms with Gasteiger partial charge in [-0.1, -0.05) is 45.0 Å². The largest absolute Gasteiger partial charge is 0.479 e. The number of anilines is 1. The summed E-state index contributed by atoms with van der Waals surface area (Å²) in [5.41, 5.74) is 2.91. The maximum absolute atomic E-state index is 12.8. The number of fused-ring (bicyclic) bond motifs is 1. The number of hydrogen-bond donors (Lipinski definition) is 1. The Labute approximate surface area is 191 Å². The summed E-state index contributed by atoms with van der Waals surface area (Å²) in [4.78, 5) is 25.1. The Kier molecular flexibility index (Phi) is 6.05. The Balaban J connectivity index is 1.49. The molecule has 4 rings (SSSR count). The number of benzene rings is 2. The highest BCUT2D eigenvalue weighted by atomic mass is 16.5. The molecule has 2 aromatic carbocycles. The van der Waals surface area contributed by atoms with E-state index in [0.717, 1.165) is 5.56 Å². The molecule has 4 aromatic rings. The molecular formula is C26H26N2O5. The molecule has 0 spiro atoms. The third kappa shape index (κ3) is 5.14. The molecule has 0 atom stereocenters. The number of ether oxygens (including phenoxy) is 1. The Hall–Kier alpha value is -3.87. The van der Waals surface area contributed by atoms with Gasteiger partial charge in [0.25, 0.3) is 5.88 Å². The maximum Gasteiger partial charge on any atom is 0.254 e. The van der Waals surface area contributed by atoms with Crippen molar-refractivity contribution in [3.8, 4) is 17.2 Å². The minimum absolute atomic E-state index is 0.0469. The summed E-state index contributed by atoms with van der Waals surface area (Å²) in [7, 11) is 1.50. The zero-order chi connectivity index (χ0) is 23.6. The van der Waals surface area contributed by atoms with Crippen molar-refractivity contribution >= 4 is 22.6 Å². The van der Waals surface area contributed by atoms with Gasteiger partial charge in [-0.2, -0.15) is 0 Å². The van der Waals surface area contributed by atoms with Crippen LogP contribution >= 0.6 is 0 Å². The molecule has 33 heavy (non-hydrogen) atoms. The summed E-state index contributed by atoms with van der Waals surface area (Å²) in [6.45, 7) is 6.46. The van der Waals surface area contributed by atoms with Gasteiger partial charge in [-0.3, -0.25) is 9.59 Å². The summed E-state index contributed by atoms with van der Waals surface area (Å²) < 4.78 is 16.0. The average Bonchev–Trinajstić information content (AvgIpc) is 3.26. The van der Waals surface area contributed by atoms with Crippen LogP contribution in [0, 0.1) is 0 Å². The molecule has 0 fully saturated rings. The second kappa shape index (κ2) is 8.94. The number of carbonyl (C=O) groups is 1. The molecule has 1 amide bonds. The standard InChI is InChI=1S/C26H26N2O5/c1-26(2,3)17-7-5-16(6-8-17)23-15-21(29)20-13-18(9-11-22(20)32-23)27-24(30)12-10-19-14-25(31-4)28-33-19/h5-9,11,13-15H,10,12H2,1-4H3,(H,27,30). The van der Waals surface area contributed by atoms with Crippen LogP contribution in [0.1, 0.15) is 38.5 Å². The SMILES string of the molecule is COc1cc(CCC(=O)Nc2ccc3oc(-c4ccc(C(C)(C)C)cc4)cc(=O)c3c2)on1. The molecule has 7 heteroatoms. The lowest BCUT2D eigenvalue weighted by Gasteiger charge is -2.19. The molecule has 0 saturated heterocycles. The topological polar surface area (TPSA) is 94.6 Å². The van der Waals surface area contributed by atoms with E-state index in [-0.39, 0.29) is 23.2 Å². The van der Waals surface area contributed by atoms with E-state index >= 15 is 0 Å². The minimum atomic E-state index is -0.204. The van der Waals surface area contributed by atoms with E-state index in [1.807, 2.05) is 24.3 Å². The first-order chi connectivity index (χ1) is 15.7. The Morgan fingerprint density at radius 3 is 2.48 bits per heavy atom. The molecule has 0 unspecified atom stereocenters. The van der Waals surface area contributed by atoms with E-state index in [4.69, 9.17) is 13.7 Å². The molecule has 0 saturated carbocycles. The Morgan fingerprint density at radius 1 is 1.06 bits per heavy atom. The number of amides is 1. The lowest BCUT2D eigenvalue weighted by molar-refractivity contribution is -0.116. The van der Waals surface area contributed by atoms with Crippen LogP contribution in [0.15, 0.2) is 68.3 Å². The van der Waals surface area contributed by atoms with Gasteiger partial charge in [-0.05, 0) is 34.3 Å². The van der Waals surface area contributed by atoms with Gasteiger partial charge in [0, 0.05) is 36.2 Å². The number of aryl methyl sites for hydroxylation is 1. The quantitative estimate of drug-likeness (QED) is 0.430. The van der Waals surface area contributed by atoms with Crippen molar-refractivity contribution in [1.29, 1.82) is 0 Å². The average molecular weight is 447 g/mol. The van der Waals surface area contributed by atoms with Crippen molar-refractivity contribution in [2.24, 2.45) is 0 Å². The minimum Gasteiger partial charge on any atom is -0.479 e. The van der Waals surface area contributed by atoms with Crippen LogP contribution in [-0.4, -0.2) is 18.2 Å². The van der Waals surface area contributed by atoms with Crippen LogP contribution in [0.2, 0.25) is 0 Å². The summed E-state index contributed by atoms with van der Waals surface area (Å²) in [5.74, 6) is 1.23. The van der Waals surface area contributed by atoms with Crippen LogP contribution in [0.25, 0.3) is 22.3 Å². The van der Waals surface area contributed by atoms with Crippen LogP contribution in [0.5, 0.6) is 5.88 Å². The number of rotatable bonds is 6. The number of methoxy groups -OCH3 is 1. The first-order valence-corrected chi connectivity index (χ1v) is 10.7. The first-order valence-electron chi connectivity index (χ1n) is 10.7. The molecule has 7 nitrogen and oxygen atoms in total. The van der Waals surface area contributed by atoms with Crippen molar-refractivity contribution in [3.63, 3.8) is 0 Å². The normalized spacial score (nSPS) is 11.5. The fourth-order valence-electron chi connectivity index (χ4n) is 3.48. The van der Waals surface area contributed by atoms with E-state index in [1.54, 1.807) is 24.3 Å². The fourth-order valence-corrected chi connectivity index (χ4v) is 3.48. The van der Waals surface area contributed by atoms with E-state index in [0.29, 0.717) is 40.5 Å². The van der Waals surface area contributed by atoms with Crippen molar-refractivity contribution < 1.29 is 18.5 Å². The Morgan fingerprint density at radius 2 is 1.82 bits per heavy atom. The van der Waals surface area contributed by atoms with Crippen molar-refractivity contribution in [2.75, 3.05) is 12.4 Å². The molecule has 2 aromatic heterocycles. The summed E-state index contributed by atoms with van der Waals surface area (Å²) >= 11 is 0. The van der Waals surface area contributed by atoms with E-state index in [2.05, 4.69) is 31.2 Å². The second-order valence-corrected chi connectivity index (χ2v) is 8.90. The van der Waals surface area contributed by atoms with Gasteiger partial charge in [0.2, 0.25) is 5.91 Å². The van der Waals surface area contributed by atoms with Crippen molar-refractivity contribution in [1.82, 2.24) is 5.16 Å². The molecule has 170 valence electrons. The van der Waals surface area contributed by atoms with Crippen LogP contribution in [-0.2, 0) is 16.6 Å². The molecule has 2 heterocycles. The molecule has 0 aliphatic carbocycles. The zero-order valence-electron chi connectivity index (χ0n) is 19.1. The van der Waals surface area contributed by atoms with Crippen LogP contribution in [0.3, 0.4) is 0 Å². The molecule has 0 aliphatic heterocycles. The number of nitrogens with one attached hydrogen (secondary N) is 1. The lowest BCUT2D eigenvalue weighted by Crippen LogP contribution is -2.12. The number of aromatic nitrogens is 1. The molecule has 1 N–H and O–H groups in total. The third-order valence-corrected chi connectivity index (χ3v) is 5.39. The number of hydrogen-bond acceptors (Lipinski definition) is 6. The number of carbonyl (C=O) groups excluding carboxylic acids is 1. The maximum atomic E-state index is 12.8. The monoisotopic (exact) mass is 446 g/mol. The lowest BCUT2D eigenvalue weighted by atomic mass is 9.86. The van der Waals surface area contributed by atoms with Gasteiger partial charge in [0.15, 0.2) is 5.43 Å². The van der Waals surface area contributed by atoms with E-state index in [1.165, 1.54) is 18.7 Å². The van der Waals surface area contributed by atoms with Crippen molar-refractivity contribution in [3.05, 3.63) is 76.1 Å². The zero-order valence-corrected chi connectivity index (χ0v) is 19.1. The van der Waals surface area contributed by atoms with E-state index in [9.17, 15) is 9.59 Å². The van der Waals surface area contributed by atoms with Gasteiger partial charge in [0.1, 0.15) is 17.1 Å². The van der Waals surface area contributed by atoms with Crippen LogP contribution < -0.4 is 15.5 Å². The highest BCUT2D eigenvalue weighted by Gasteiger charge is 2.15. The van der Waals surface area contributed by atoms with Gasteiger partial charge in [-0.15, -0.1) is 0 Å². The van der Waals surface area contributed by atoms with Gasteiger partial charge in [-0.25, -0.2) is 0 Å². The highest BCUT2D eigenvalue weighted by Crippen LogP contribution is 2.28. The predicted octanol–water partition coefficient (Wildman–Crippen LogP) is 5.33. The van der Waals surface area contributed by atoms with Crippen LogP contribution in [0.4, 0.5) is 5.69 Å². The van der Waals surface area contributed by atoms with Gasteiger partial charge in [0.05, 0.1) is 12.5 Å². The van der Waals surface area contributed by atoms with E-state index < -0.39 is 0 Å². The summed E-state index contributed by atoms with van der Waals surface area (Å²) in [6, 6.07) is 16.2. The molecule has 0 aliphatic rings. The number of nitrogens with zero attached hydrogens (tertiary/aromatic N) is 1. The Bertz CT molecular complexity index is 1340. The summed E-state index contributed by atoms with van der Waals surface area (Å²) in [5, 5.41) is 6.92. The van der Waals surface area contributed by atoms with Gasteiger partial charge < -0.3 is 19.0 Å². The smallest absolute Gasteiger partial charge is 0.254 e. The molecular weight excluding hydrogens is 420 g/mol. The van der Waals surface area contributed by atoms with Crippen molar-refractivity contribution in [2.45, 2.75) is 39.0 Å². The third-order valence-electron chi connectivity index (χ3n) is 5.39. The molecule has 0 bridgehead atoms. The summed E-state index contributed by atoms with van der Waals surface area (Å²) in [6.07, 6.45) is 0.587. The second-order valence-electron chi connectivity index (χ2n) is 8.90. The molecule has 0 radical (unpaired) electrons. The predicted molar refractivity (Wildman–Crippen MR) is 127 cm³/mol. The van der Waals surface area contributed by atoms with Gasteiger partial charge >= 0.3 is 0 Å². The highest BCUT2D eigenvalue weighted by molar-refractivity contribution is 5.93. The first kappa shape index (κ1) is 22.3. The fraction of sp³-hybridized carbons (Fsp3) is 0.269.